The van der Waals surface area contributed by atoms with Crippen LogP contribution < -0.4 is 5.32 Å². The highest BCUT2D eigenvalue weighted by molar-refractivity contribution is 7.09. The Morgan fingerprint density at radius 3 is 3.06 bits per heavy atom. The van der Waals surface area contributed by atoms with Crippen LogP contribution in [0.5, 0.6) is 0 Å². The van der Waals surface area contributed by atoms with E-state index in [4.69, 9.17) is 0 Å². The van der Waals surface area contributed by atoms with Gasteiger partial charge in [-0.05, 0) is 13.3 Å². The van der Waals surface area contributed by atoms with Gasteiger partial charge in [0.25, 0.3) is 5.91 Å². The van der Waals surface area contributed by atoms with Crippen LogP contribution in [-0.2, 0) is 6.42 Å². The smallest absolute Gasteiger partial charge is 0.276 e. The van der Waals surface area contributed by atoms with E-state index in [-0.39, 0.29) is 5.91 Å². The number of carbonyl (C=O) groups is 1. The number of nitrogens with one attached hydrogen (secondary N) is 2. The molecule has 2 aromatic heterocycles. The van der Waals surface area contributed by atoms with Gasteiger partial charge >= 0.3 is 0 Å². The number of thiazole rings is 1. The van der Waals surface area contributed by atoms with E-state index in [9.17, 15) is 4.79 Å². The maximum atomic E-state index is 11.8. The summed E-state index contributed by atoms with van der Waals surface area (Å²) in [5.41, 5.74) is 1.43. The normalized spacial score (nSPS) is 10.4. The Morgan fingerprint density at radius 1 is 1.62 bits per heavy atom. The molecule has 0 fully saturated rings. The van der Waals surface area contributed by atoms with Crippen LogP contribution in [0, 0.1) is 6.92 Å². The van der Waals surface area contributed by atoms with Gasteiger partial charge in [0.1, 0.15) is 11.5 Å². The first-order chi connectivity index (χ1) is 7.70. The zero-order chi connectivity index (χ0) is 11.5. The molecule has 2 heterocycles. The number of carbonyl (C=O) groups excluding carboxylic acids is 1. The van der Waals surface area contributed by atoms with Crippen LogP contribution in [0.1, 0.15) is 28.0 Å². The fourth-order valence-corrected chi connectivity index (χ4v) is 1.93. The highest BCUT2D eigenvalue weighted by Crippen LogP contribution is 2.14. The zero-order valence-corrected chi connectivity index (χ0v) is 9.89. The maximum Gasteiger partial charge on any atom is 0.276 e. The van der Waals surface area contributed by atoms with Crippen LogP contribution >= 0.6 is 11.3 Å². The summed E-state index contributed by atoms with van der Waals surface area (Å²) in [5.74, 6) is 0.446. The predicted molar refractivity (Wildman–Crippen MR) is 62.8 cm³/mol. The first-order valence-electron chi connectivity index (χ1n) is 4.96. The fraction of sp³-hybridized carbons (Fsp3) is 0.300. The molecule has 0 atom stereocenters. The van der Waals surface area contributed by atoms with Gasteiger partial charge in [-0.3, -0.25) is 9.89 Å². The molecule has 0 saturated carbocycles. The SMILES string of the molecule is CCc1cn[nH]c1NC(=O)c1csc(C)n1. The molecule has 0 unspecified atom stereocenters. The van der Waals surface area contributed by atoms with Gasteiger partial charge in [-0.1, -0.05) is 6.92 Å². The van der Waals surface area contributed by atoms with E-state index >= 15 is 0 Å². The summed E-state index contributed by atoms with van der Waals surface area (Å²) in [6.07, 6.45) is 2.53. The summed E-state index contributed by atoms with van der Waals surface area (Å²) in [6.45, 7) is 3.88. The lowest BCUT2D eigenvalue weighted by molar-refractivity contribution is 0.102. The molecule has 6 heteroatoms. The van der Waals surface area contributed by atoms with Crippen LogP contribution in [0.25, 0.3) is 0 Å². The molecule has 5 nitrogen and oxygen atoms in total. The molecule has 0 aliphatic rings. The van der Waals surface area contributed by atoms with Crippen molar-refractivity contribution in [3.05, 3.63) is 27.8 Å². The van der Waals surface area contributed by atoms with E-state index in [1.807, 2.05) is 13.8 Å². The van der Waals surface area contributed by atoms with Gasteiger partial charge in [-0.15, -0.1) is 11.3 Å². The van der Waals surface area contributed by atoms with Crippen molar-refractivity contribution in [1.82, 2.24) is 15.2 Å². The standard InChI is InChI=1S/C10H12N4OS/c1-3-7-4-11-14-9(7)13-10(15)8-5-16-6(2)12-8/h4-5H,3H2,1-2H3,(H2,11,13,14,15). The number of aromatic nitrogens is 3. The van der Waals surface area contributed by atoms with E-state index in [0.717, 1.165) is 17.0 Å². The molecule has 2 N–H and O–H groups in total. The van der Waals surface area contributed by atoms with Gasteiger partial charge in [-0.25, -0.2) is 4.98 Å². The lowest BCUT2D eigenvalue weighted by Gasteiger charge is -2.01. The Labute approximate surface area is 96.9 Å². The molecule has 1 amide bonds. The summed E-state index contributed by atoms with van der Waals surface area (Å²) in [5, 5.41) is 12.0. The van der Waals surface area contributed by atoms with Crippen molar-refractivity contribution in [2.45, 2.75) is 20.3 Å². The van der Waals surface area contributed by atoms with Gasteiger partial charge in [0.2, 0.25) is 0 Å². The maximum absolute atomic E-state index is 11.8. The fourth-order valence-electron chi connectivity index (χ4n) is 1.33. The Bertz CT molecular complexity index is 502. The molecular weight excluding hydrogens is 224 g/mol. The van der Waals surface area contributed by atoms with Crippen LogP contribution in [0.4, 0.5) is 5.82 Å². The average molecular weight is 236 g/mol. The van der Waals surface area contributed by atoms with Crippen molar-refractivity contribution in [3.63, 3.8) is 0 Å². The zero-order valence-electron chi connectivity index (χ0n) is 9.07. The van der Waals surface area contributed by atoms with Crippen LogP contribution in [-0.4, -0.2) is 21.1 Å². The van der Waals surface area contributed by atoms with Crippen LogP contribution in [0.2, 0.25) is 0 Å². The second-order valence-electron chi connectivity index (χ2n) is 3.33. The number of aromatic amines is 1. The highest BCUT2D eigenvalue weighted by Gasteiger charge is 2.12. The minimum atomic E-state index is -0.205. The van der Waals surface area contributed by atoms with Crippen molar-refractivity contribution in [2.75, 3.05) is 5.32 Å². The average Bonchev–Trinajstić information content (AvgIpc) is 2.86. The molecule has 2 aromatic rings. The number of aryl methyl sites for hydroxylation is 2. The number of H-pyrrole nitrogens is 1. The number of amides is 1. The van der Waals surface area contributed by atoms with Gasteiger partial charge in [0.15, 0.2) is 0 Å². The van der Waals surface area contributed by atoms with Gasteiger partial charge in [0.05, 0.1) is 11.2 Å². The number of nitrogens with zero attached hydrogens (tertiary/aromatic N) is 2. The minimum Gasteiger partial charge on any atom is -0.305 e. The topological polar surface area (TPSA) is 70.7 Å². The lowest BCUT2D eigenvalue weighted by Crippen LogP contribution is -2.13. The highest BCUT2D eigenvalue weighted by atomic mass is 32.1. The number of hydrogen-bond acceptors (Lipinski definition) is 4. The molecule has 0 aromatic carbocycles. The molecule has 2 rings (SSSR count). The second kappa shape index (κ2) is 4.44. The molecular formula is C10H12N4OS. The first-order valence-corrected chi connectivity index (χ1v) is 5.84. The summed E-state index contributed by atoms with van der Waals surface area (Å²) >= 11 is 1.46. The number of hydrogen-bond donors (Lipinski definition) is 2. The summed E-state index contributed by atoms with van der Waals surface area (Å²) < 4.78 is 0. The third-order valence-electron chi connectivity index (χ3n) is 2.19. The summed E-state index contributed by atoms with van der Waals surface area (Å²) in [7, 11) is 0. The molecule has 0 spiro atoms. The molecule has 0 radical (unpaired) electrons. The van der Waals surface area contributed by atoms with Crippen molar-refractivity contribution >= 4 is 23.1 Å². The lowest BCUT2D eigenvalue weighted by atomic mass is 10.2. The Morgan fingerprint density at radius 2 is 2.44 bits per heavy atom. The molecule has 0 bridgehead atoms. The predicted octanol–water partition coefficient (Wildman–Crippen LogP) is 1.99. The Hall–Kier alpha value is -1.69. The van der Waals surface area contributed by atoms with Gasteiger partial charge < -0.3 is 5.32 Å². The van der Waals surface area contributed by atoms with Gasteiger partial charge in [-0.2, -0.15) is 5.10 Å². The first kappa shape index (κ1) is 10.8. The van der Waals surface area contributed by atoms with Crippen molar-refractivity contribution in [2.24, 2.45) is 0 Å². The van der Waals surface area contributed by atoms with Crippen LogP contribution in [0.15, 0.2) is 11.6 Å². The number of anilines is 1. The molecule has 16 heavy (non-hydrogen) atoms. The van der Waals surface area contributed by atoms with E-state index in [1.165, 1.54) is 11.3 Å². The van der Waals surface area contributed by atoms with E-state index in [0.29, 0.717) is 11.5 Å². The Kier molecular flexibility index (Phi) is 3.00. The third kappa shape index (κ3) is 2.11. The third-order valence-corrected chi connectivity index (χ3v) is 2.96. The molecule has 0 saturated heterocycles. The molecule has 0 aliphatic heterocycles. The number of rotatable bonds is 3. The monoisotopic (exact) mass is 236 g/mol. The summed E-state index contributed by atoms with van der Waals surface area (Å²) in [4.78, 5) is 15.9. The van der Waals surface area contributed by atoms with E-state index in [2.05, 4.69) is 20.5 Å². The van der Waals surface area contributed by atoms with Crippen molar-refractivity contribution in [1.29, 1.82) is 0 Å². The van der Waals surface area contributed by atoms with E-state index < -0.39 is 0 Å². The van der Waals surface area contributed by atoms with Crippen molar-refractivity contribution < 1.29 is 4.79 Å². The molecule has 84 valence electrons. The van der Waals surface area contributed by atoms with Gasteiger partial charge in [0, 0.05) is 10.9 Å². The summed E-state index contributed by atoms with van der Waals surface area (Å²) in [6, 6.07) is 0. The molecule has 0 aliphatic carbocycles. The minimum absolute atomic E-state index is 0.205. The largest absolute Gasteiger partial charge is 0.305 e. The second-order valence-corrected chi connectivity index (χ2v) is 4.39. The van der Waals surface area contributed by atoms with Crippen LogP contribution in [0.3, 0.4) is 0 Å². The quantitative estimate of drug-likeness (QED) is 0.856. The van der Waals surface area contributed by atoms with E-state index in [1.54, 1.807) is 11.6 Å². The Balaban J connectivity index is 2.13. The van der Waals surface area contributed by atoms with Crippen molar-refractivity contribution in [3.8, 4) is 0 Å².